The van der Waals surface area contributed by atoms with Crippen LogP contribution in [-0.4, -0.2) is 42.0 Å². The van der Waals surface area contributed by atoms with Gasteiger partial charge in [0.05, 0.1) is 23.7 Å². The highest BCUT2D eigenvalue weighted by atomic mass is 35.5. The summed E-state index contributed by atoms with van der Waals surface area (Å²) in [5.41, 5.74) is 0.785. The van der Waals surface area contributed by atoms with E-state index in [1.165, 1.54) is 0 Å². The van der Waals surface area contributed by atoms with E-state index in [4.69, 9.17) is 16.3 Å². The molecule has 0 saturated carbocycles. The van der Waals surface area contributed by atoms with Gasteiger partial charge in [-0.15, -0.1) is 22.9 Å². The van der Waals surface area contributed by atoms with Gasteiger partial charge in [-0.25, -0.2) is 0 Å². The summed E-state index contributed by atoms with van der Waals surface area (Å²) in [5.74, 6) is 0.492. The average molecular weight is 310 g/mol. The van der Waals surface area contributed by atoms with E-state index in [9.17, 15) is 4.79 Å². The number of halogens is 1. The summed E-state index contributed by atoms with van der Waals surface area (Å²) in [5, 5.41) is 2.98. The van der Waals surface area contributed by atoms with Crippen molar-refractivity contribution in [1.29, 1.82) is 0 Å². The molecule has 1 aromatic heterocycles. The van der Waals surface area contributed by atoms with Gasteiger partial charge in [0.15, 0.2) is 0 Å². The largest absolute Gasteiger partial charge is 0.370 e. The SMILES string of the molecule is CC1CN(C(=O)c2csc3ccccc23)CC(CCl)O1. The van der Waals surface area contributed by atoms with Crippen LogP contribution in [0.2, 0.25) is 0 Å². The second kappa shape index (κ2) is 5.72. The van der Waals surface area contributed by atoms with Crippen LogP contribution in [0.3, 0.4) is 0 Å². The number of nitrogens with zero attached hydrogens (tertiary/aromatic N) is 1. The fraction of sp³-hybridized carbons (Fsp3) is 0.400. The van der Waals surface area contributed by atoms with Crippen LogP contribution in [0.25, 0.3) is 10.1 Å². The maximum absolute atomic E-state index is 12.7. The van der Waals surface area contributed by atoms with Gasteiger partial charge in [0, 0.05) is 28.6 Å². The molecule has 20 heavy (non-hydrogen) atoms. The number of fused-ring (bicyclic) bond motifs is 1. The van der Waals surface area contributed by atoms with Crippen molar-refractivity contribution in [2.75, 3.05) is 19.0 Å². The Balaban J connectivity index is 1.88. The van der Waals surface area contributed by atoms with Gasteiger partial charge in [0.25, 0.3) is 5.91 Å². The van der Waals surface area contributed by atoms with Crippen molar-refractivity contribution in [2.24, 2.45) is 0 Å². The lowest BCUT2D eigenvalue weighted by atomic mass is 10.1. The second-order valence-corrected chi connectivity index (χ2v) is 6.30. The Hall–Kier alpha value is -1.10. The van der Waals surface area contributed by atoms with E-state index in [2.05, 4.69) is 0 Å². The normalized spacial score (nSPS) is 23.2. The van der Waals surface area contributed by atoms with Gasteiger partial charge >= 0.3 is 0 Å². The quantitative estimate of drug-likeness (QED) is 0.796. The van der Waals surface area contributed by atoms with Gasteiger partial charge in [-0.1, -0.05) is 18.2 Å². The molecule has 5 heteroatoms. The lowest BCUT2D eigenvalue weighted by molar-refractivity contribution is -0.0569. The molecule has 1 aliphatic rings. The van der Waals surface area contributed by atoms with Gasteiger partial charge in [-0.2, -0.15) is 0 Å². The van der Waals surface area contributed by atoms with E-state index in [1.54, 1.807) is 11.3 Å². The molecule has 3 rings (SSSR count). The summed E-state index contributed by atoms with van der Waals surface area (Å²) < 4.78 is 6.84. The summed E-state index contributed by atoms with van der Waals surface area (Å²) in [6.45, 7) is 3.16. The molecule has 2 unspecified atom stereocenters. The van der Waals surface area contributed by atoms with Crippen LogP contribution < -0.4 is 0 Å². The third-order valence-electron chi connectivity index (χ3n) is 3.50. The number of amides is 1. The number of carbonyl (C=O) groups excluding carboxylic acids is 1. The highest BCUT2D eigenvalue weighted by molar-refractivity contribution is 7.17. The molecular weight excluding hydrogens is 294 g/mol. The van der Waals surface area contributed by atoms with Crippen LogP contribution in [0.15, 0.2) is 29.6 Å². The molecule has 3 nitrogen and oxygen atoms in total. The first-order valence-corrected chi connectivity index (χ1v) is 8.07. The average Bonchev–Trinajstić information content (AvgIpc) is 2.89. The lowest BCUT2D eigenvalue weighted by Gasteiger charge is -2.36. The minimum Gasteiger partial charge on any atom is -0.370 e. The summed E-state index contributed by atoms with van der Waals surface area (Å²) in [6, 6.07) is 8.00. The predicted octanol–water partition coefficient (Wildman–Crippen LogP) is 3.37. The molecule has 0 aliphatic carbocycles. The zero-order chi connectivity index (χ0) is 14.1. The number of carbonyl (C=O) groups is 1. The Kier molecular flexibility index (Phi) is 3.96. The first kappa shape index (κ1) is 13.9. The first-order chi connectivity index (χ1) is 9.69. The molecule has 0 radical (unpaired) electrons. The van der Waals surface area contributed by atoms with Crippen molar-refractivity contribution in [3.63, 3.8) is 0 Å². The standard InChI is InChI=1S/C15H16ClNO2S/c1-10-7-17(8-11(6-16)19-10)15(18)13-9-20-14-5-3-2-4-12(13)14/h2-5,9-11H,6-8H2,1H3. The monoisotopic (exact) mass is 309 g/mol. The summed E-state index contributed by atoms with van der Waals surface area (Å²) >= 11 is 7.48. The minimum absolute atomic E-state index is 0.0290. The number of thiophene rings is 1. The maximum atomic E-state index is 12.7. The molecule has 1 amide bonds. The number of rotatable bonds is 2. The van der Waals surface area contributed by atoms with Crippen molar-refractivity contribution < 1.29 is 9.53 Å². The molecular formula is C15H16ClNO2S. The number of hydrogen-bond donors (Lipinski definition) is 0. The minimum atomic E-state index is -0.0748. The molecule has 106 valence electrons. The number of alkyl halides is 1. The molecule has 1 fully saturated rings. The smallest absolute Gasteiger partial charge is 0.255 e. The third-order valence-corrected chi connectivity index (χ3v) is 4.80. The van der Waals surface area contributed by atoms with Crippen LogP contribution in [-0.2, 0) is 4.74 Å². The van der Waals surface area contributed by atoms with E-state index in [0.717, 1.165) is 15.6 Å². The third kappa shape index (κ3) is 2.55. The van der Waals surface area contributed by atoms with Crippen molar-refractivity contribution in [3.8, 4) is 0 Å². The van der Waals surface area contributed by atoms with Crippen LogP contribution in [0.5, 0.6) is 0 Å². The molecule has 2 aromatic rings. The van der Waals surface area contributed by atoms with Crippen molar-refractivity contribution in [2.45, 2.75) is 19.1 Å². The topological polar surface area (TPSA) is 29.5 Å². The molecule has 1 aliphatic heterocycles. The van der Waals surface area contributed by atoms with Crippen molar-refractivity contribution in [3.05, 3.63) is 35.2 Å². The van der Waals surface area contributed by atoms with Crippen LogP contribution >= 0.6 is 22.9 Å². The predicted molar refractivity (Wildman–Crippen MR) is 82.8 cm³/mol. The van der Waals surface area contributed by atoms with Crippen molar-refractivity contribution >= 4 is 38.9 Å². The number of benzene rings is 1. The Morgan fingerprint density at radius 3 is 3.05 bits per heavy atom. The van der Waals surface area contributed by atoms with Gasteiger partial charge in [0.2, 0.25) is 0 Å². The van der Waals surface area contributed by atoms with Crippen LogP contribution in [0.4, 0.5) is 0 Å². The molecule has 0 N–H and O–H groups in total. The first-order valence-electron chi connectivity index (χ1n) is 6.66. The number of ether oxygens (including phenoxy) is 1. The molecule has 0 bridgehead atoms. The maximum Gasteiger partial charge on any atom is 0.255 e. The molecule has 2 heterocycles. The van der Waals surface area contributed by atoms with Gasteiger partial charge < -0.3 is 9.64 Å². The van der Waals surface area contributed by atoms with E-state index >= 15 is 0 Å². The molecule has 2 atom stereocenters. The van der Waals surface area contributed by atoms with Crippen molar-refractivity contribution in [1.82, 2.24) is 4.90 Å². The van der Waals surface area contributed by atoms with Gasteiger partial charge in [-0.3, -0.25) is 4.79 Å². The fourth-order valence-electron chi connectivity index (χ4n) is 2.61. The van der Waals surface area contributed by atoms with Gasteiger partial charge in [-0.05, 0) is 13.0 Å². The molecule has 1 saturated heterocycles. The van der Waals surface area contributed by atoms with Gasteiger partial charge in [0.1, 0.15) is 0 Å². The zero-order valence-electron chi connectivity index (χ0n) is 11.2. The highest BCUT2D eigenvalue weighted by Crippen LogP contribution is 2.27. The Labute approximate surface area is 127 Å². The van der Waals surface area contributed by atoms with Crippen LogP contribution in [0.1, 0.15) is 17.3 Å². The second-order valence-electron chi connectivity index (χ2n) is 5.08. The Morgan fingerprint density at radius 1 is 1.45 bits per heavy atom. The van der Waals surface area contributed by atoms with Crippen LogP contribution in [0, 0.1) is 0 Å². The molecule has 0 spiro atoms. The van der Waals surface area contributed by atoms with E-state index in [-0.39, 0.29) is 18.1 Å². The highest BCUT2D eigenvalue weighted by Gasteiger charge is 2.29. The summed E-state index contributed by atoms with van der Waals surface area (Å²) in [4.78, 5) is 14.6. The number of morpholine rings is 1. The Morgan fingerprint density at radius 2 is 2.25 bits per heavy atom. The fourth-order valence-corrected chi connectivity index (χ4v) is 3.72. The lowest BCUT2D eigenvalue weighted by Crippen LogP contribution is -2.49. The van der Waals surface area contributed by atoms with E-state index in [1.807, 2.05) is 41.5 Å². The van der Waals surface area contributed by atoms with E-state index < -0.39 is 0 Å². The summed E-state index contributed by atoms with van der Waals surface area (Å²) in [7, 11) is 0. The zero-order valence-corrected chi connectivity index (χ0v) is 12.8. The molecule has 1 aromatic carbocycles. The number of hydrogen-bond acceptors (Lipinski definition) is 3. The Bertz CT molecular complexity index is 627. The summed E-state index contributed by atoms with van der Waals surface area (Å²) in [6.07, 6.45) is -0.0457. The van der Waals surface area contributed by atoms with E-state index in [0.29, 0.717) is 19.0 Å².